The smallest absolute Gasteiger partial charge is 0.220 e. The highest BCUT2D eigenvalue weighted by molar-refractivity contribution is 5.76. The summed E-state index contributed by atoms with van der Waals surface area (Å²) < 4.78 is 5.55. The van der Waals surface area contributed by atoms with Crippen LogP contribution in [0, 0.1) is 5.92 Å². The Morgan fingerprint density at radius 2 is 2.14 bits per heavy atom. The van der Waals surface area contributed by atoms with Crippen LogP contribution in [-0.4, -0.2) is 24.7 Å². The summed E-state index contributed by atoms with van der Waals surface area (Å²) in [5.41, 5.74) is -0.0119. The number of carbonyl (C=O) groups excluding carboxylic acids is 1. The number of rotatable bonds is 6. The Morgan fingerprint density at radius 1 is 1.50 bits per heavy atom. The first-order valence-corrected chi connectivity index (χ1v) is 5.47. The molecule has 0 aliphatic heterocycles. The molecule has 0 radical (unpaired) electrons. The molecule has 0 saturated heterocycles. The van der Waals surface area contributed by atoms with Gasteiger partial charge in [-0.3, -0.25) is 4.79 Å². The van der Waals surface area contributed by atoms with Gasteiger partial charge in [-0.05, 0) is 18.8 Å². The van der Waals surface area contributed by atoms with Gasteiger partial charge in [-0.2, -0.15) is 0 Å². The third-order valence-corrected chi connectivity index (χ3v) is 2.41. The minimum Gasteiger partial charge on any atom is -0.379 e. The maximum atomic E-state index is 11.2. The molecule has 1 N–H and O–H groups in total. The number of hydrogen-bond donors (Lipinski definition) is 1. The average Bonchev–Trinajstić information content (AvgIpc) is 2.84. The molecule has 1 amide bonds. The Kier molecular flexibility index (Phi) is 3.93. The van der Waals surface area contributed by atoms with Crippen molar-refractivity contribution in [1.82, 2.24) is 5.32 Å². The summed E-state index contributed by atoms with van der Waals surface area (Å²) in [6.45, 7) is 7.59. The van der Waals surface area contributed by atoms with E-state index in [9.17, 15) is 4.79 Å². The molecule has 3 heteroatoms. The van der Waals surface area contributed by atoms with E-state index in [1.54, 1.807) is 0 Å². The van der Waals surface area contributed by atoms with Crippen molar-refractivity contribution in [1.29, 1.82) is 0 Å². The molecule has 0 aromatic carbocycles. The SMILES string of the molecule is CCC(=O)NC1(COCC(C)C)CC1. The molecule has 0 heterocycles. The van der Waals surface area contributed by atoms with Crippen LogP contribution in [0.3, 0.4) is 0 Å². The fourth-order valence-corrected chi connectivity index (χ4v) is 1.33. The Morgan fingerprint density at radius 3 is 2.57 bits per heavy atom. The zero-order chi connectivity index (χ0) is 10.6. The van der Waals surface area contributed by atoms with E-state index in [0.29, 0.717) is 18.9 Å². The number of amides is 1. The van der Waals surface area contributed by atoms with Crippen molar-refractivity contribution in [2.24, 2.45) is 5.92 Å². The number of nitrogens with one attached hydrogen (secondary N) is 1. The first-order valence-electron chi connectivity index (χ1n) is 5.47. The van der Waals surface area contributed by atoms with Gasteiger partial charge in [0, 0.05) is 13.0 Å². The third-order valence-electron chi connectivity index (χ3n) is 2.41. The minimum absolute atomic E-state index is 0.0119. The van der Waals surface area contributed by atoms with E-state index in [-0.39, 0.29) is 11.4 Å². The van der Waals surface area contributed by atoms with Gasteiger partial charge in [-0.25, -0.2) is 0 Å². The van der Waals surface area contributed by atoms with Gasteiger partial charge < -0.3 is 10.1 Å². The van der Waals surface area contributed by atoms with Gasteiger partial charge in [0.1, 0.15) is 0 Å². The van der Waals surface area contributed by atoms with Crippen LogP contribution < -0.4 is 5.32 Å². The lowest BCUT2D eigenvalue weighted by Gasteiger charge is -2.17. The van der Waals surface area contributed by atoms with Crippen LogP contribution in [0.2, 0.25) is 0 Å². The second-order valence-electron chi connectivity index (χ2n) is 4.59. The molecule has 0 atom stereocenters. The monoisotopic (exact) mass is 199 g/mol. The molecule has 14 heavy (non-hydrogen) atoms. The molecular weight excluding hydrogens is 178 g/mol. The van der Waals surface area contributed by atoms with Gasteiger partial charge in [0.05, 0.1) is 12.1 Å². The van der Waals surface area contributed by atoms with E-state index < -0.39 is 0 Å². The van der Waals surface area contributed by atoms with Crippen molar-refractivity contribution in [3.05, 3.63) is 0 Å². The number of carbonyl (C=O) groups is 1. The minimum atomic E-state index is -0.0119. The predicted molar refractivity (Wildman–Crippen MR) is 56.1 cm³/mol. The quantitative estimate of drug-likeness (QED) is 0.707. The number of hydrogen-bond acceptors (Lipinski definition) is 2. The zero-order valence-electron chi connectivity index (χ0n) is 9.43. The van der Waals surface area contributed by atoms with E-state index in [4.69, 9.17) is 4.74 Å². The molecule has 1 saturated carbocycles. The van der Waals surface area contributed by atoms with Crippen LogP contribution >= 0.6 is 0 Å². The summed E-state index contributed by atoms with van der Waals surface area (Å²) in [6.07, 6.45) is 2.69. The van der Waals surface area contributed by atoms with Crippen LogP contribution in [0.5, 0.6) is 0 Å². The van der Waals surface area contributed by atoms with E-state index in [0.717, 1.165) is 19.4 Å². The highest BCUT2D eigenvalue weighted by Crippen LogP contribution is 2.35. The first-order chi connectivity index (χ1) is 6.58. The Hall–Kier alpha value is -0.570. The summed E-state index contributed by atoms with van der Waals surface area (Å²) in [7, 11) is 0. The van der Waals surface area contributed by atoms with Crippen molar-refractivity contribution in [2.75, 3.05) is 13.2 Å². The largest absolute Gasteiger partial charge is 0.379 e. The van der Waals surface area contributed by atoms with Crippen molar-refractivity contribution in [2.45, 2.75) is 45.6 Å². The van der Waals surface area contributed by atoms with E-state index in [2.05, 4.69) is 19.2 Å². The van der Waals surface area contributed by atoms with Gasteiger partial charge in [0.2, 0.25) is 5.91 Å². The molecule has 0 aromatic rings. The summed E-state index contributed by atoms with van der Waals surface area (Å²) in [6, 6.07) is 0. The summed E-state index contributed by atoms with van der Waals surface area (Å²) in [5, 5.41) is 3.03. The van der Waals surface area contributed by atoms with Crippen molar-refractivity contribution in [3.63, 3.8) is 0 Å². The molecular formula is C11H21NO2. The first kappa shape index (κ1) is 11.5. The fraction of sp³-hybridized carbons (Fsp3) is 0.909. The molecule has 1 aliphatic carbocycles. The van der Waals surface area contributed by atoms with Crippen molar-refractivity contribution < 1.29 is 9.53 Å². The Bertz CT molecular complexity index is 197. The highest BCUT2D eigenvalue weighted by atomic mass is 16.5. The summed E-state index contributed by atoms with van der Waals surface area (Å²) >= 11 is 0. The van der Waals surface area contributed by atoms with Crippen LogP contribution in [-0.2, 0) is 9.53 Å². The molecule has 0 aromatic heterocycles. The maximum absolute atomic E-state index is 11.2. The fourth-order valence-electron chi connectivity index (χ4n) is 1.33. The lowest BCUT2D eigenvalue weighted by atomic mass is 10.2. The maximum Gasteiger partial charge on any atom is 0.220 e. The van der Waals surface area contributed by atoms with Crippen molar-refractivity contribution in [3.8, 4) is 0 Å². The lowest BCUT2D eigenvalue weighted by molar-refractivity contribution is -0.122. The zero-order valence-corrected chi connectivity index (χ0v) is 9.43. The Labute approximate surface area is 86.2 Å². The van der Waals surface area contributed by atoms with E-state index in [1.165, 1.54) is 0 Å². The molecule has 1 aliphatic rings. The molecule has 82 valence electrons. The van der Waals surface area contributed by atoms with Crippen molar-refractivity contribution >= 4 is 5.91 Å². The standard InChI is InChI=1S/C11H21NO2/c1-4-10(13)12-11(5-6-11)8-14-7-9(2)3/h9H,4-8H2,1-3H3,(H,12,13). The van der Waals surface area contributed by atoms with Crippen LogP contribution in [0.1, 0.15) is 40.0 Å². The third kappa shape index (κ3) is 3.66. The highest BCUT2D eigenvalue weighted by Gasteiger charge is 2.43. The van der Waals surface area contributed by atoms with E-state index >= 15 is 0 Å². The van der Waals surface area contributed by atoms with Gasteiger partial charge in [-0.1, -0.05) is 20.8 Å². The lowest BCUT2D eigenvalue weighted by Crippen LogP contribution is -2.40. The topological polar surface area (TPSA) is 38.3 Å². The van der Waals surface area contributed by atoms with Gasteiger partial charge >= 0.3 is 0 Å². The molecule has 0 bridgehead atoms. The summed E-state index contributed by atoms with van der Waals surface area (Å²) in [5.74, 6) is 0.698. The average molecular weight is 199 g/mol. The van der Waals surface area contributed by atoms with Gasteiger partial charge in [0.25, 0.3) is 0 Å². The molecule has 1 rings (SSSR count). The van der Waals surface area contributed by atoms with E-state index in [1.807, 2.05) is 6.92 Å². The van der Waals surface area contributed by atoms with Crippen LogP contribution in [0.4, 0.5) is 0 Å². The second kappa shape index (κ2) is 4.78. The van der Waals surface area contributed by atoms with Gasteiger partial charge in [0.15, 0.2) is 0 Å². The van der Waals surface area contributed by atoms with Crippen LogP contribution in [0.15, 0.2) is 0 Å². The molecule has 3 nitrogen and oxygen atoms in total. The number of ether oxygens (including phenoxy) is 1. The molecule has 0 unspecified atom stereocenters. The normalized spacial score (nSPS) is 18.3. The Balaban J connectivity index is 2.19. The predicted octanol–water partition coefficient (Wildman–Crippen LogP) is 1.72. The molecule has 0 spiro atoms. The van der Waals surface area contributed by atoms with Gasteiger partial charge in [-0.15, -0.1) is 0 Å². The molecule has 1 fully saturated rings. The second-order valence-corrected chi connectivity index (χ2v) is 4.59. The van der Waals surface area contributed by atoms with Crippen LogP contribution in [0.25, 0.3) is 0 Å². The summed E-state index contributed by atoms with van der Waals surface area (Å²) in [4.78, 5) is 11.2.